The SMILES string of the molecule is CCOC(=O)N1CCC(C(=O)Nc2ccnn2Cc2cccc(Cl)c2Cl)CC1. The summed E-state index contributed by atoms with van der Waals surface area (Å²) in [5.41, 5.74) is 0.816. The highest BCUT2D eigenvalue weighted by Gasteiger charge is 2.28. The maximum atomic E-state index is 12.7. The zero-order chi connectivity index (χ0) is 20.1. The lowest BCUT2D eigenvalue weighted by molar-refractivity contribution is -0.121. The van der Waals surface area contributed by atoms with Gasteiger partial charge in [0.25, 0.3) is 0 Å². The summed E-state index contributed by atoms with van der Waals surface area (Å²) in [7, 11) is 0. The molecular formula is C19H22Cl2N4O3. The molecule has 1 aromatic heterocycles. The van der Waals surface area contributed by atoms with Crippen molar-refractivity contribution in [2.45, 2.75) is 26.3 Å². The number of hydrogen-bond acceptors (Lipinski definition) is 4. The number of piperidine rings is 1. The van der Waals surface area contributed by atoms with Gasteiger partial charge in [-0.25, -0.2) is 9.48 Å². The minimum atomic E-state index is -0.321. The third-order valence-corrected chi connectivity index (χ3v) is 5.57. The quantitative estimate of drug-likeness (QED) is 0.785. The summed E-state index contributed by atoms with van der Waals surface area (Å²) in [6.07, 6.45) is 2.49. The number of amides is 2. The van der Waals surface area contributed by atoms with Crippen LogP contribution < -0.4 is 5.32 Å². The van der Waals surface area contributed by atoms with Crippen LogP contribution in [0.15, 0.2) is 30.5 Å². The van der Waals surface area contributed by atoms with Crippen LogP contribution in [0.4, 0.5) is 10.6 Å². The third-order valence-electron chi connectivity index (χ3n) is 4.71. The predicted molar refractivity (Wildman–Crippen MR) is 108 cm³/mol. The fourth-order valence-electron chi connectivity index (χ4n) is 3.16. The van der Waals surface area contributed by atoms with Crippen LogP contribution in [0.5, 0.6) is 0 Å². The number of likely N-dealkylation sites (tertiary alicyclic amines) is 1. The van der Waals surface area contributed by atoms with Crippen molar-refractivity contribution < 1.29 is 14.3 Å². The molecule has 28 heavy (non-hydrogen) atoms. The van der Waals surface area contributed by atoms with Crippen LogP contribution in [0.25, 0.3) is 0 Å². The van der Waals surface area contributed by atoms with E-state index in [0.717, 1.165) is 5.56 Å². The number of hydrogen-bond donors (Lipinski definition) is 1. The second-order valence-electron chi connectivity index (χ2n) is 6.54. The van der Waals surface area contributed by atoms with Crippen LogP contribution in [0.3, 0.4) is 0 Å². The van der Waals surface area contributed by atoms with Crippen molar-refractivity contribution in [2.24, 2.45) is 5.92 Å². The Bertz CT molecular complexity index is 847. The van der Waals surface area contributed by atoms with E-state index in [4.69, 9.17) is 27.9 Å². The van der Waals surface area contributed by atoms with Gasteiger partial charge >= 0.3 is 6.09 Å². The fraction of sp³-hybridized carbons (Fsp3) is 0.421. The Hall–Kier alpha value is -2.25. The lowest BCUT2D eigenvalue weighted by Crippen LogP contribution is -2.41. The number of benzene rings is 1. The van der Waals surface area contributed by atoms with Crippen molar-refractivity contribution >= 4 is 41.0 Å². The van der Waals surface area contributed by atoms with Crippen LogP contribution in [0, 0.1) is 5.92 Å². The average molecular weight is 425 g/mol. The number of aromatic nitrogens is 2. The van der Waals surface area contributed by atoms with Crippen molar-refractivity contribution in [1.29, 1.82) is 0 Å². The van der Waals surface area contributed by atoms with Crippen molar-refractivity contribution in [3.8, 4) is 0 Å². The van der Waals surface area contributed by atoms with Gasteiger partial charge in [-0.05, 0) is 31.4 Å². The van der Waals surface area contributed by atoms with Gasteiger partial charge in [-0.1, -0.05) is 35.3 Å². The number of rotatable bonds is 5. The molecule has 1 aliphatic heterocycles. The third kappa shape index (κ3) is 4.77. The summed E-state index contributed by atoms with van der Waals surface area (Å²) in [5.74, 6) is 0.347. The van der Waals surface area contributed by atoms with Gasteiger partial charge in [0.2, 0.25) is 5.91 Å². The second kappa shape index (κ2) is 9.30. The molecular weight excluding hydrogens is 403 g/mol. The highest BCUT2D eigenvalue weighted by atomic mass is 35.5. The van der Waals surface area contributed by atoms with Gasteiger partial charge in [0.15, 0.2) is 0 Å². The molecule has 2 heterocycles. The van der Waals surface area contributed by atoms with E-state index in [1.165, 1.54) is 0 Å². The second-order valence-corrected chi connectivity index (χ2v) is 7.32. The maximum absolute atomic E-state index is 12.7. The number of carbonyl (C=O) groups is 2. The molecule has 1 aromatic carbocycles. The monoisotopic (exact) mass is 424 g/mol. The lowest BCUT2D eigenvalue weighted by atomic mass is 9.96. The van der Waals surface area contributed by atoms with Gasteiger partial charge in [-0.3, -0.25) is 4.79 Å². The van der Waals surface area contributed by atoms with Gasteiger partial charge in [0.1, 0.15) is 5.82 Å². The van der Waals surface area contributed by atoms with Gasteiger partial charge in [0, 0.05) is 25.1 Å². The largest absolute Gasteiger partial charge is 0.450 e. The zero-order valence-electron chi connectivity index (χ0n) is 15.5. The standard InChI is InChI=1S/C19H22Cl2N4O3/c1-2-28-19(27)24-10-7-13(8-11-24)18(26)23-16-6-9-22-25(16)12-14-4-3-5-15(20)17(14)21/h3-6,9,13H,2,7-8,10-12H2,1H3,(H,23,26). The summed E-state index contributed by atoms with van der Waals surface area (Å²) < 4.78 is 6.68. The van der Waals surface area contributed by atoms with Crippen molar-refractivity contribution in [3.05, 3.63) is 46.1 Å². The van der Waals surface area contributed by atoms with Crippen LogP contribution in [0.1, 0.15) is 25.3 Å². The van der Waals surface area contributed by atoms with Crippen molar-refractivity contribution in [3.63, 3.8) is 0 Å². The van der Waals surface area contributed by atoms with E-state index in [1.54, 1.807) is 34.8 Å². The molecule has 150 valence electrons. The number of anilines is 1. The Balaban J connectivity index is 1.59. The van der Waals surface area contributed by atoms with Gasteiger partial charge in [0.05, 0.1) is 29.4 Å². The first kappa shape index (κ1) is 20.5. The average Bonchev–Trinajstić information content (AvgIpc) is 3.12. The fourth-order valence-corrected chi connectivity index (χ4v) is 3.54. The van der Waals surface area contributed by atoms with Gasteiger partial charge in [-0.15, -0.1) is 0 Å². The Labute approximate surface area is 173 Å². The molecule has 2 amide bonds. The molecule has 0 spiro atoms. The Morgan fingerprint density at radius 3 is 2.71 bits per heavy atom. The normalized spacial score (nSPS) is 14.8. The molecule has 3 rings (SSSR count). The zero-order valence-corrected chi connectivity index (χ0v) is 17.0. The molecule has 0 atom stereocenters. The Morgan fingerprint density at radius 1 is 1.25 bits per heavy atom. The number of ether oxygens (including phenoxy) is 1. The molecule has 2 aromatic rings. The lowest BCUT2D eigenvalue weighted by Gasteiger charge is -2.30. The summed E-state index contributed by atoms with van der Waals surface area (Å²) in [4.78, 5) is 26.1. The summed E-state index contributed by atoms with van der Waals surface area (Å²) in [5, 5.41) is 8.15. The van der Waals surface area contributed by atoms with E-state index in [2.05, 4.69) is 10.4 Å². The smallest absolute Gasteiger partial charge is 0.409 e. The molecule has 0 saturated carbocycles. The first-order valence-electron chi connectivity index (χ1n) is 9.16. The first-order chi connectivity index (χ1) is 13.5. The van der Waals surface area contributed by atoms with Crippen molar-refractivity contribution in [1.82, 2.24) is 14.7 Å². The molecule has 0 bridgehead atoms. The molecule has 1 aliphatic rings. The minimum absolute atomic E-state index is 0.0811. The highest BCUT2D eigenvalue weighted by Crippen LogP contribution is 2.27. The van der Waals surface area contributed by atoms with E-state index in [-0.39, 0.29) is 17.9 Å². The van der Waals surface area contributed by atoms with E-state index in [0.29, 0.717) is 54.9 Å². The summed E-state index contributed by atoms with van der Waals surface area (Å²) >= 11 is 12.3. The van der Waals surface area contributed by atoms with Crippen LogP contribution in [0.2, 0.25) is 10.0 Å². The molecule has 1 fully saturated rings. The van der Waals surface area contributed by atoms with Crippen molar-refractivity contribution in [2.75, 3.05) is 25.0 Å². The van der Waals surface area contributed by atoms with E-state index >= 15 is 0 Å². The number of nitrogens with zero attached hydrogens (tertiary/aromatic N) is 3. The Kier molecular flexibility index (Phi) is 6.80. The summed E-state index contributed by atoms with van der Waals surface area (Å²) in [6.45, 7) is 3.53. The molecule has 1 saturated heterocycles. The molecule has 0 aliphatic carbocycles. The molecule has 7 nitrogen and oxygen atoms in total. The molecule has 1 N–H and O–H groups in total. The number of halogens is 2. The van der Waals surface area contributed by atoms with Gasteiger partial charge in [-0.2, -0.15) is 5.10 Å². The molecule has 0 unspecified atom stereocenters. The maximum Gasteiger partial charge on any atom is 0.409 e. The molecule has 9 heteroatoms. The van der Waals surface area contributed by atoms with E-state index < -0.39 is 0 Å². The van der Waals surface area contributed by atoms with E-state index in [9.17, 15) is 9.59 Å². The topological polar surface area (TPSA) is 76.5 Å². The van der Waals surface area contributed by atoms with Gasteiger partial charge < -0.3 is 15.0 Å². The number of carbonyl (C=O) groups excluding carboxylic acids is 2. The van der Waals surface area contributed by atoms with E-state index in [1.807, 2.05) is 12.1 Å². The predicted octanol–water partition coefficient (Wildman–Crippen LogP) is 4.05. The minimum Gasteiger partial charge on any atom is -0.450 e. The first-order valence-corrected chi connectivity index (χ1v) is 9.92. The summed E-state index contributed by atoms with van der Waals surface area (Å²) in [6, 6.07) is 7.15. The number of nitrogens with one attached hydrogen (secondary N) is 1. The van der Waals surface area contributed by atoms with Crippen LogP contribution in [-0.2, 0) is 16.1 Å². The Morgan fingerprint density at radius 2 is 2.00 bits per heavy atom. The van der Waals surface area contributed by atoms with Crippen LogP contribution >= 0.6 is 23.2 Å². The highest BCUT2D eigenvalue weighted by molar-refractivity contribution is 6.42. The molecule has 0 radical (unpaired) electrons. The van der Waals surface area contributed by atoms with Crippen LogP contribution in [-0.4, -0.2) is 46.4 Å².